The summed E-state index contributed by atoms with van der Waals surface area (Å²) in [6.07, 6.45) is 0.280. The number of carbonyl (C=O) groups is 1. The van der Waals surface area contributed by atoms with Crippen LogP contribution in [0.25, 0.3) is 0 Å². The van der Waals surface area contributed by atoms with Gasteiger partial charge in [0.05, 0.1) is 12.1 Å². The van der Waals surface area contributed by atoms with Crippen LogP contribution in [0.4, 0.5) is 0 Å². The first kappa shape index (κ1) is 15.3. The van der Waals surface area contributed by atoms with E-state index in [0.717, 1.165) is 16.8 Å². The van der Waals surface area contributed by atoms with E-state index in [2.05, 4.69) is 10.5 Å². The number of nitrogens with one attached hydrogen (secondary N) is 1. The van der Waals surface area contributed by atoms with Gasteiger partial charge in [0, 0.05) is 5.02 Å². The molecule has 0 radical (unpaired) electrons. The molecule has 2 aromatic carbocycles. The lowest BCUT2D eigenvalue weighted by Gasteiger charge is -2.04. The maximum Gasteiger partial charge on any atom is 0.244 e. The molecule has 0 bridgehead atoms. The summed E-state index contributed by atoms with van der Waals surface area (Å²) in [5.74, 6) is -0.149. The molecule has 0 unspecified atom stereocenters. The van der Waals surface area contributed by atoms with E-state index >= 15 is 0 Å². The van der Waals surface area contributed by atoms with Crippen LogP contribution in [0.1, 0.15) is 23.6 Å². The van der Waals surface area contributed by atoms with Crippen molar-refractivity contribution in [3.8, 4) is 0 Å². The maximum atomic E-state index is 11.8. The molecule has 21 heavy (non-hydrogen) atoms. The molecule has 0 atom stereocenters. The first-order valence-electron chi connectivity index (χ1n) is 6.69. The second kappa shape index (κ2) is 7.04. The number of benzene rings is 2. The Morgan fingerprint density at radius 2 is 1.71 bits per heavy atom. The molecule has 0 aliphatic heterocycles. The van der Waals surface area contributed by atoms with Gasteiger partial charge in [0.1, 0.15) is 0 Å². The molecule has 0 saturated heterocycles. The molecule has 4 heteroatoms. The van der Waals surface area contributed by atoms with E-state index in [1.807, 2.05) is 50.2 Å². The molecule has 0 aromatic heterocycles. The zero-order valence-electron chi connectivity index (χ0n) is 12.1. The predicted molar refractivity (Wildman–Crippen MR) is 86.7 cm³/mol. The zero-order valence-corrected chi connectivity index (χ0v) is 12.8. The van der Waals surface area contributed by atoms with Gasteiger partial charge in [0.25, 0.3) is 0 Å². The van der Waals surface area contributed by atoms with Crippen molar-refractivity contribution in [1.29, 1.82) is 0 Å². The van der Waals surface area contributed by atoms with E-state index in [1.54, 1.807) is 12.1 Å². The molecule has 0 saturated carbocycles. The Bertz CT molecular complexity index is 645. The quantitative estimate of drug-likeness (QED) is 0.678. The average Bonchev–Trinajstić information content (AvgIpc) is 2.48. The van der Waals surface area contributed by atoms with Crippen LogP contribution >= 0.6 is 11.6 Å². The van der Waals surface area contributed by atoms with Gasteiger partial charge < -0.3 is 0 Å². The lowest BCUT2D eigenvalue weighted by atomic mass is 10.1. The molecular formula is C17H17ClN2O. The highest BCUT2D eigenvalue weighted by atomic mass is 35.5. The molecule has 0 aliphatic carbocycles. The molecular weight excluding hydrogens is 284 g/mol. The van der Waals surface area contributed by atoms with Gasteiger partial charge in [-0.1, -0.05) is 53.6 Å². The third-order valence-electron chi connectivity index (χ3n) is 3.10. The number of nitrogens with zero attached hydrogens (tertiary/aromatic N) is 1. The summed E-state index contributed by atoms with van der Waals surface area (Å²) in [6.45, 7) is 3.90. The maximum absolute atomic E-state index is 11.8. The van der Waals surface area contributed by atoms with E-state index in [-0.39, 0.29) is 12.3 Å². The van der Waals surface area contributed by atoms with Crippen LogP contribution in [0.3, 0.4) is 0 Å². The highest BCUT2D eigenvalue weighted by Crippen LogP contribution is 2.10. The van der Waals surface area contributed by atoms with Crippen LogP contribution < -0.4 is 5.43 Å². The van der Waals surface area contributed by atoms with Gasteiger partial charge in [-0.25, -0.2) is 5.43 Å². The molecule has 0 heterocycles. The van der Waals surface area contributed by atoms with E-state index in [9.17, 15) is 4.79 Å². The van der Waals surface area contributed by atoms with Crippen molar-refractivity contribution >= 4 is 23.2 Å². The van der Waals surface area contributed by atoms with Gasteiger partial charge in [-0.3, -0.25) is 4.79 Å². The second-order valence-electron chi connectivity index (χ2n) is 4.90. The van der Waals surface area contributed by atoms with E-state index in [1.165, 1.54) is 5.56 Å². The largest absolute Gasteiger partial charge is 0.273 e. The Hall–Kier alpha value is -2.13. The summed E-state index contributed by atoms with van der Waals surface area (Å²) in [7, 11) is 0. The van der Waals surface area contributed by atoms with E-state index in [4.69, 9.17) is 11.6 Å². The first-order valence-corrected chi connectivity index (χ1v) is 7.07. The molecule has 1 amide bonds. The Morgan fingerprint density at radius 3 is 2.33 bits per heavy atom. The molecule has 0 spiro atoms. The monoisotopic (exact) mass is 300 g/mol. The van der Waals surface area contributed by atoms with Crippen LogP contribution in [0, 0.1) is 6.92 Å². The van der Waals surface area contributed by atoms with Crippen molar-refractivity contribution in [3.05, 3.63) is 70.2 Å². The Balaban J connectivity index is 1.94. The highest BCUT2D eigenvalue weighted by molar-refractivity contribution is 6.30. The fourth-order valence-corrected chi connectivity index (χ4v) is 1.96. The number of amides is 1. The third-order valence-corrected chi connectivity index (χ3v) is 3.35. The Kier molecular flexibility index (Phi) is 5.12. The smallest absolute Gasteiger partial charge is 0.244 e. The third kappa shape index (κ3) is 4.72. The van der Waals surface area contributed by atoms with Crippen molar-refractivity contribution in [2.24, 2.45) is 5.10 Å². The van der Waals surface area contributed by atoms with Crippen molar-refractivity contribution in [1.82, 2.24) is 5.43 Å². The van der Waals surface area contributed by atoms with Crippen molar-refractivity contribution in [2.45, 2.75) is 20.3 Å². The number of rotatable bonds is 4. The number of carbonyl (C=O) groups excluding carboxylic acids is 1. The van der Waals surface area contributed by atoms with Gasteiger partial charge in [0.15, 0.2) is 0 Å². The van der Waals surface area contributed by atoms with Crippen LogP contribution in [0.2, 0.25) is 5.02 Å². The van der Waals surface area contributed by atoms with Gasteiger partial charge in [-0.05, 0) is 37.1 Å². The number of hydrogen-bond acceptors (Lipinski definition) is 2. The summed E-state index contributed by atoms with van der Waals surface area (Å²) in [4.78, 5) is 11.8. The molecule has 1 N–H and O–H groups in total. The van der Waals surface area contributed by atoms with Gasteiger partial charge >= 0.3 is 0 Å². The van der Waals surface area contributed by atoms with Gasteiger partial charge in [-0.2, -0.15) is 5.10 Å². The van der Waals surface area contributed by atoms with Gasteiger partial charge in [-0.15, -0.1) is 0 Å². The summed E-state index contributed by atoms with van der Waals surface area (Å²) in [5.41, 5.74) is 6.44. The first-order chi connectivity index (χ1) is 10.0. The van der Waals surface area contributed by atoms with Gasteiger partial charge in [0.2, 0.25) is 5.91 Å². The summed E-state index contributed by atoms with van der Waals surface area (Å²) in [5, 5.41) is 4.79. The second-order valence-corrected chi connectivity index (χ2v) is 5.34. The standard InChI is InChI=1S/C17H17ClN2O/c1-12-3-7-15(8-4-12)13(2)19-20-17(21)11-14-5-9-16(18)10-6-14/h3-10H,11H2,1-2H3,(H,20,21)/b19-13-. The molecule has 3 nitrogen and oxygen atoms in total. The minimum absolute atomic E-state index is 0.149. The summed E-state index contributed by atoms with van der Waals surface area (Å²) >= 11 is 5.81. The Labute approximate surface area is 129 Å². The minimum Gasteiger partial charge on any atom is -0.273 e. The van der Waals surface area contributed by atoms with E-state index in [0.29, 0.717) is 5.02 Å². The van der Waals surface area contributed by atoms with Crippen molar-refractivity contribution in [3.63, 3.8) is 0 Å². The average molecular weight is 301 g/mol. The Morgan fingerprint density at radius 1 is 1.10 bits per heavy atom. The molecule has 2 rings (SSSR count). The fourth-order valence-electron chi connectivity index (χ4n) is 1.83. The number of hydrazone groups is 1. The van der Waals surface area contributed by atoms with Crippen molar-refractivity contribution < 1.29 is 4.79 Å². The van der Waals surface area contributed by atoms with Crippen LogP contribution in [-0.2, 0) is 11.2 Å². The predicted octanol–water partition coefficient (Wildman–Crippen LogP) is 3.73. The van der Waals surface area contributed by atoms with Crippen LogP contribution in [-0.4, -0.2) is 11.6 Å². The van der Waals surface area contributed by atoms with E-state index < -0.39 is 0 Å². The zero-order chi connectivity index (χ0) is 15.2. The molecule has 108 valence electrons. The molecule has 0 aliphatic rings. The van der Waals surface area contributed by atoms with Crippen LogP contribution in [0.15, 0.2) is 53.6 Å². The summed E-state index contributed by atoms with van der Waals surface area (Å²) in [6, 6.07) is 15.2. The fraction of sp³-hybridized carbons (Fsp3) is 0.176. The molecule has 2 aromatic rings. The summed E-state index contributed by atoms with van der Waals surface area (Å²) < 4.78 is 0. The topological polar surface area (TPSA) is 41.5 Å². The highest BCUT2D eigenvalue weighted by Gasteiger charge is 2.03. The normalized spacial score (nSPS) is 11.3. The number of hydrogen-bond donors (Lipinski definition) is 1. The molecule has 0 fully saturated rings. The minimum atomic E-state index is -0.149. The number of aryl methyl sites for hydroxylation is 1. The lowest BCUT2D eigenvalue weighted by molar-refractivity contribution is -0.120. The SMILES string of the molecule is C/C(=N/NC(=O)Cc1ccc(Cl)cc1)c1ccc(C)cc1. The lowest BCUT2D eigenvalue weighted by Crippen LogP contribution is -2.21. The number of halogens is 1. The van der Waals surface area contributed by atoms with Crippen LogP contribution in [0.5, 0.6) is 0 Å². The van der Waals surface area contributed by atoms with Crippen molar-refractivity contribution in [2.75, 3.05) is 0 Å².